The predicted molar refractivity (Wildman–Crippen MR) is 163 cm³/mol. The average molecular weight is 597 g/mol. The minimum atomic E-state index is -0.237. The fraction of sp³-hybridized carbons (Fsp3) is 0.500. The van der Waals surface area contributed by atoms with Crippen molar-refractivity contribution in [3.05, 3.63) is 35.3 Å². The van der Waals surface area contributed by atoms with Crippen molar-refractivity contribution in [2.24, 2.45) is 5.73 Å². The lowest BCUT2D eigenvalue weighted by molar-refractivity contribution is -0.118. The molecular formula is C28H36N8O3S2. The molecule has 0 radical (unpaired) electrons. The molecule has 2 aliphatic rings. The van der Waals surface area contributed by atoms with Gasteiger partial charge in [0.1, 0.15) is 0 Å². The minimum absolute atomic E-state index is 0.237. The number of rotatable bonds is 10. The number of ether oxygens (including phenoxy) is 1. The van der Waals surface area contributed by atoms with Gasteiger partial charge in [0.05, 0.1) is 35.1 Å². The second-order valence-electron chi connectivity index (χ2n) is 10.3. The Kier molecular flexibility index (Phi) is 10.2. The van der Waals surface area contributed by atoms with E-state index in [2.05, 4.69) is 51.9 Å². The molecule has 0 atom stereocenters. The van der Waals surface area contributed by atoms with Crippen LogP contribution in [0.25, 0.3) is 32.5 Å². The van der Waals surface area contributed by atoms with E-state index in [1.54, 1.807) is 0 Å². The SMILES string of the molecule is NC(=O)CCCCCn1ncc2c(-c3nc(N4CCOCC4)c4sc(CN5CCNCC5)cc4n3)cccc21.O=S. The molecule has 0 spiro atoms. The van der Waals surface area contributed by atoms with Crippen molar-refractivity contribution in [2.45, 2.75) is 38.8 Å². The summed E-state index contributed by atoms with van der Waals surface area (Å²) in [6.07, 6.45) is 5.08. The van der Waals surface area contributed by atoms with Crippen molar-refractivity contribution in [1.29, 1.82) is 0 Å². The van der Waals surface area contributed by atoms with Crippen LogP contribution in [0.15, 0.2) is 30.5 Å². The average Bonchev–Trinajstić information content (AvgIpc) is 3.62. The van der Waals surface area contributed by atoms with Crippen LogP contribution in [-0.2, 0) is 35.2 Å². The lowest BCUT2D eigenvalue weighted by atomic mass is 10.1. The lowest BCUT2D eigenvalue weighted by Gasteiger charge is -2.28. The molecule has 6 rings (SSSR count). The van der Waals surface area contributed by atoms with Crippen molar-refractivity contribution in [3.8, 4) is 11.4 Å². The molecule has 4 aromatic rings. The van der Waals surface area contributed by atoms with E-state index in [1.807, 2.05) is 22.2 Å². The van der Waals surface area contributed by atoms with Gasteiger partial charge in [-0.2, -0.15) is 9.31 Å². The van der Waals surface area contributed by atoms with Gasteiger partial charge < -0.3 is 20.7 Å². The Labute approximate surface area is 248 Å². The summed E-state index contributed by atoms with van der Waals surface area (Å²) in [7, 11) is 0. The summed E-state index contributed by atoms with van der Waals surface area (Å²) in [5.74, 6) is 1.51. The highest BCUT2D eigenvalue weighted by atomic mass is 32.1. The van der Waals surface area contributed by atoms with E-state index in [1.165, 1.54) is 4.88 Å². The molecule has 3 N–H and O–H groups in total. The largest absolute Gasteiger partial charge is 0.378 e. The monoisotopic (exact) mass is 596 g/mol. The normalized spacial score (nSPS) is 16.1. The summed E-state index contributed by atoms with van der Waals surface area (Å²) in [5, 5.41) is 9.18. The number of thiophene rings is 1. The van der Waals surface area contributed by atoms with Crippen molar-refractivity contribution in [3.63, 3.8) is 0 Å². The third kappa shape index (κ3) is 7.04. The zero-order valence-electron chi connectivity index (χ0n) is 23.1. The number of hydrogen-bond donors (Lipinski definition) is 2. The number of anilines is 1. The maximum atomic E-state index is 11.0. The summed E-state index contributed by atoms with van der Waals surface area (Å²) in [4.78, 5) is 27.5. The van der Waals surface area contributed by atoms with Crippen LogP contribution >= 0.6 is 11.3 Å². The standard InChI is InChI=1S/C28H36N8O2S.OS/c29-25(37)7-2-1-3-10-36-24-6-4-5-21(22(24)18-31-36)27-32-23-17-20(19-34-11-8-30-9-12-34)39-26(23)28(33-27)35-13-15-38-16-14-35;1-2/h4-6,17-18,30H,1-3,7-16,19H2,(H2,29,37);. The number of morpholine rings is 1. The molecule has 0 bridgehead atoms. The highest BCUT2D eigenvalue weighted by Gasteiger charge is 2.22. The number of amides is 1. The number of nitrogens with zero attached hydrogens (tertiary/aromatic N) is 6. The molecule has 41 heavy (non-hydrogen) atoms. The molecule has 2 fully saturated rings. The van der Waals surface area contributed by atoms with Crippen LogP contribution in [-0.4, -0.2) is 87.2 Å². The minimum Gasteiger partial charge on any atom is -0.378 e. The smallest absolute Gasteiger partial charge is 0.217 e. The summed E-state index contributed by atoms with van der Waals surface area (Å²) in [6, 6.07) is 8.52. The fourth-order valence-corrected chi connectivity index (χ4v) is 6.61. The van der Waals surface area contributed by atoms with Crippen molar-refractivity contribution >= 4 is 56.7 Å². The molecule has 218 valence electrons. The number of nitrogens with one attached hydrogen (secondary N) is 1. The molecule has 0 aliphatic carbocycles. The van der Waals surface area contributed by atoms with Crippen LogP contribution in [0.5, 0.6) is 0 Å². The number of benzene rings is 1. The van der Waals surface area contributed by atoms with Gasteiger partial charge in [-0.15, -0.1) is 11.3 Å². The Morgan fingerprint density at radius 3 is 2.66 bits per heavy atom. The molecule has 3 aromatic heterocycles. The Hall–Kier alpha value is -3.10. The first-order valence-corrected chi connectivity index (χ1v) is 15.3. The van der Waals surface area contributed by atoms with E-state index in [-0.39, 0.29) is 5.91 Å². The number of carbonyl (C=O) groups is 1. The number of hydrogen-bond acceptors (Lipinski definition) is 11. The van der Waals surface area contributed by atoms with E-state index < -0.39 is 0 Å². The van der Waals surface area contributed by atoms with Crippen molar-refractivity contribution in [1.82, 2.24) is 30.0 Å². The lowest BCUT2D eigenvalue weighted by Crippen LogP contribution is -2.42. The van der Waals surface area contributed by atoms with Crippen LogP contribution in [0, 0.1) is 0 Å². The van der Waals surface area contributed by atoms with Gasteiger partial charge in [0.25, 0.3) is 0 Å². The quantitative estimate of drug-likeness (QED) is 0.264. The van der Waals surface area contributed by atoms with Gasteiger partial charge >= 0.3 is 0 Å². The van der Waals surface area contributed by atoms with Gasteiger partial charge in [-0.25, -0.2) is 9.97 Å². The summed E-state index contributed by atoms with van der Waals surface area (Å²) in [5.41, 5.74) is 8.35. The third-order valence-electron chi connectivity index (χ3n) is 7.53. The number of fused-ring (bicyclic) bond motifs is 2. The zero-order valence-corrected chi connectivity index (χ0v) is 24.7. The van der Waals surface area contributed by atoms with Crippen LogP contribution in [0.2, 0.25) is 0 Å². The molecule has 0 unspecified atom stereocenters. The zero-order chi connectivity index (χ0) is 28.6. The number of primary amides is 1. The van der Waals surface area contributed by atoms with E-state index in [0.29, 0.717) is 19.6 Å². The first kappa shape index (κ1) is 29.4. The number of carbonyl (C=O) groups excluding carboxylic acids is 1. The molecule has 13 heteroatoms. The second-order valence-corrected chi connectivity index (χ2v) is 11.4. The topological polar surface area (TPSA) is 132 Å². The van der Waals surface area contributed by atoms with E-state index in [9.17, 15) is 4.79 Å². The Morgan fingerprint density at radius 2 is 1.88 bits per heavy atom. The predicted octanol–water partition coefficient (Wildman–Crippen LogP) is 2.66. The van der Waals surface area contributed by atoms with E-state index in [0.717, 1.165) is 110 Å². The van der Waals surface area contributed by atoms with Crippen LogP contribution in [0.3, 0.4) is 0 Å². The van der Waals surface area contributed by atoms with Gasteiger partial charge in [-0.1, -0.05) is 18.6 Å². The molecule has 1 amide bonds. The molecular weight excluding hydrogens is 560 g/mol. The van der Waals surface area contributed by atoms with Crippen molar-refractivity contribution in [2.75, 3.05) is 57.4 Å². The molecule has 1 aromatic carbocycles. The molecule has 5 heterocycles. The maximum Gasteiger partial charge on any atom is 0.217 e. The van der Waals surface area contributed by atoms with E-state index >= 15 is 0 Å². The fourth-order valence-electron chi connectivity index (χ4n) is 5.46. The number of piperazine rings is 1. The summed E-state index contributed by atoms with van der Waals surface area (Å²) in [6.45, 7) is 9.04. The van der Waals surface area contributed by atoms with Gasteiger partial charge in [0.2, 0.25) is 5.91 Å². The van der Waals surface area contributed by atoms with Gasteiger partial charge in [0, 0.05) is 74.6 Å². The number of aryl methyl sites for hydroxylation is 1. The Morgan fingerprint density at radius 1 is 1.07 bits per heavy atom. The van der Waals surface area contributed by atoms with Crippen molar-refractivity contribution < 1.29 is 13.7 Å². The molecule has 0 saturated carbocycles. The Bertz CT molecular complexity index is 1460. The number of nitrogens with two attached hydrogens (primary N) is 1. The molecule has 2 aliphatic heterocycles. The second kappa shape index (κ2) is 14.2. The van der Waals surface area contributed by atoms with Crippen LogP contribution in [0.4, 0.5) is 5.82 Å². The summed E-state index contributed by atoms with van der Waals surface area (Å²) < 4.78 is 16.7. The Balaban J connectivity index is 0.00000165. The number of aromatic nitrogens is 4. The van der Waals surface area contributed by atoms with Crippen LogP contribution in [0.1, 0.15) is 30.6 Å². The van der Waals surface area contributed by atoms with Gasteiger partial charge in [-0.3, -0.25) is 14.4 Å². The van der Waals surface area contributed by atoms with Crippen LogP contribution < -0.4 is 16.0 Å². The first-order valence-electron chi connectivity index (χ1n) is 14.1. The number of unbranched alkanes of at least 4 members (excludes halogenated alkanes) is 2. The maximum absolute atomic E-state index is 11.0. The molecule has 2 saturated heterocycles. The first-order chi connectivity index (χ1) is 20.2. The summed E-state index contributed by atoms with van der Waals surface area (Å²) >= 11 is 4.66. The van der Waals surface area contributed by atoms with E-state index in [4.69, 9.17) is 29.7 Å². The van der Waals surface area contributed by atoms with Gasteiger partial charge in [-0.05, 0) is 25.0 Å². The highest BCUT2D eigenvalue weighted by Crippen LogP contribution is 2.36. The highest BCUT2D eigenvalue weighted by molar-refractivity contribution is 7.44. The third-order valence-corrected chi connectivity index (χ3v) is 8.63. The molecule has 11 nitrogen and oxygen atoms in total. The van der Waals surface area contributed by atoms with Gasteiger partial charge in [0.15, 0.2) is 24.2 Å².